The summed E-state index contributed by atoms with van der Waals surface area (Å²) in [6.45, 7) is 2.69. The first kappa shape index (κ1) is 16.6. The Morgan fingerprint density at radius 3 is 2.68 bits per heavy atom. The van der Waals surface area contributed by atoms with Crippen molar-refractivity contribution in [3.63, 3.8) is 0 Å². The van der Waals surface area contributed by atoms with Crippen LogP contribution in [-0.4, -0.2) is 44.7 Å². The highest BCUT2D eigenvalue weighted by Crippen LogP contribution is 2.12. The monoisotopic (exact) mass is 319 g/mol. The van der Waals surface area contributed by atoms with Crippen molar-refractivity contribution in [1.29, 1.82) is 0 Å². The zero-order valence-corrected chi connectivity index (χ0v) is 13.6. The summed E-state index contributed by atoms with van der Waals surface area (Å²) >= 11 is 1.55. The second-order valence-corrected chi connectivity index (χ2v) is 6.23. The Morgan fingerprint density at radius 2 is 2.14 bits per heavy atom. The van der Waals surface area contributed by atoms with Gasteiger partial charge in [0.15, 0.2) is 0 Å². The number of imidazole rings is 1. The average molecular weight is 319 g/mol. The van der Waals surface area contributed by atoms with E-state index in [1.807, 2.05) is 48.2 Å². The van der Waals surface area contributed by atoms with Crippen LogP contribution in [-0.2, 0) is 6.54 Å². The maximum Gasteiger partial charge on any atom is 0.251 e. The molecule has 0 aliphatic rings. The number of rotatable bonds is 7. The van der Waals surface area contributed by atoms with Gasteiger partial charge in [-0.15, -0.1) is 0 Å². The highest BCUT2D eigenvalue weighted by Gasteiger charge is 2.18. The Morgan fingerprint density at radius 1 is 1.41 bits per heavy atom. The Labute approximate surface area is 134 Å². The van der Waals surface area contributed by atoms with Crippen molar-refractivity contribution in [2.24, 2.45) is 0 Å². The number of thioether (sulfide) groups is 1. The number of nitrogens with one attached hydrogen (secondary N) is 1. The largest absolute Gasteiger partial charge is 0.395 e. The summed E-state index contributed by atoms with van der Waals surface area (Å²) in [4.78, 5) is 16.2. The minimum atomic E-state index is -0.116. The Bertz CT molecular complexity index is 580. The van der Waals surface area contributed by atoms with Crippen LogP contribution in [0.1, 0.15) is 22.8 Å². The van der Waals surface area contributed by atoms with Crippen molar-refractivity contribution < 1.29 is 9.90 Å². The predicted octanol–water partition coefficient (Wildman–Crippen LogP) is 1.77. The Hall–Kier alpha value is -1.79. The van der Waals surface area contributed by atoms with E-state index >= 15 is 0 Å². The number of hydrogen-bond donors (Lipinski definition) is 2. The number of aliphatic hydroxyl groups excluding tert-OH is 1. The van der Waals surface area contributed by atoms with Crippen LogP contribution in [0.15, 0.2) is 43.0 Å². The van der Waals surface area contributed by atoms with Crippen molar-refractivity contribution in [2.45, 2.75) is 24.8 Å². The van der Waals surface area contributed by atoms with E-state index in [2.05, 4.69) is 10.3 Å². The van der Waals surface area contributed by atoms with E-state index in [-0.39, 0.29) is 23.8 Å². The molecule has 0 spiro atoms. The molecule has 22 heavy (non-hydrogen) atoms. The topological polar surface area (TPSA) is 67.2 Å². The molecule has 1 amide bonds. The molecule has 0 aliphatic carbocycles. The summed E-state index contributed by atoms with van der Waals surface area (Å²) in [6.07, 6.45) is 7.33. The summed E-state index contributed by atoms with van der Waals surface area (Å²) in [5.74, 6) is -0.116. The zero-order chi connectivity index (χ0) is 15.9. The second kappa shape index (κ2) is 8.00. The summed E-state index contributed by atoms with van der Waals surface area (Å²) in [6, 6.07) is 7.44. The first-order chi connectivity index (χ1) is 10.6. The third-order valence-electron chi connectivity index (χ3n) is 3.54. The molecule has 6 heteroatoms. The van der Waals surface area contributed by atoms with Crippen molar-refractivity contribution in [3.05, 3.63) is 54.1 Å². The van der Waals surface area contributed by atoms with Gasteiger partial charge in [0.1, 0.15) is 0 Å². The third kappa shape index (κ3) is 4.35. The molecular formula is C16H21N3O2S. The molecule has 0 fully saturated rings. The number of carbonyl (C=O) groups is 1. The van der Waals surface area contributed by atoms with E-state index < -0.39 is 0 Å². The van der Waals surface area contributed by atoms with E-state index in [9.17, 15) is 9.90 Å². The molecule has 118 valence electrons. The summed E-state index contributed by atoms with van der Waals surface area (Å²) < 4.78 is 1.97. The van der Waals surface area contributed by atoms with E-state index in [1.165, 1.54) is 0 Å². The number of benzene rings is 1. The van der Waals surface area contributed by atoms with Gasteiger partial charge in [-0.1, -0.05) is 12.1 Å². The number of aliphatic hydroxyl groups is 1. The van der Waals surface area contributed by atoms with Crippen LogP contribution in [0.5, 0.6) is 0 Å². The Kier molecular flexibility index (Phi) is 6.03. The molecule has 0 bridgehead atoms. The average Bonchev–Trinajstić information content (AvgIpc) is 3.02. The molecule has 2 aromatic rings. The fourth-order valence-electron chi connectivity index (χ4n) is 2.17. The number of hydrogen-bond acceptors (Lipinski definition) is 4. The minimum Gasteiger partial charge on any atom is -0.395 e. The lowest BCUT2D eigenvalue weighted by Crippen LogP contribution is -2.41. The molecule has 0 saturated carbocycles. The van der Waals surface area contributed by atoms with Gasteiger partial charge >= 0.3 is 0 Å². The molecule has 2 rings (SSSR count). The van der Waals surface area contributed by atoms with Gasteiger partial charge in [0.25, 0.3) is 5.91 Å². The molecule has 0 aliphatic heterocycles. The van der Waals surface area contributed by atoms with Crippen LogP contribution in [0.2, 0.25) is 0 Å². The third-order valence-corrected chi connectivity index (χ3v) is 4.70. The van der Waals surface area contributed by atoms with E-state index in [4.69, 9.17) is 0 Å². The lowest BCUT2D eigenvalue weighted by Gasteiger charge is -2.21. The molecular weight excluding hydrogens is 298 g/mol. The van der Waals surface area contributed by atoms with Gasteiger partial charge in [0.05, 0.1) is 12.9 Å². The van der Waals surface area contributed by atoms with Gasteiger partial charge in [-0.3, -0.25) is 4.79 Å². The van der Waals surface area contributed by atoms with Crippen LogP contribution in [0.3, 0.4) is 0 Å². The maximum atomic E-state index is 12.2. The second-order valence-electron chi connectivity index (χ2n) is 5.15. The molecule has 1 aromatic carbocycles. The molecule has 2 unspecified atom stereocenters. The molecule has 5 nitrogen and oxygen atoms in total. The van der Waals surface area contributed by atoms with Crippen molar-refractivity contribution in [3.8, 4) is 0 Å². The standard InChI is InChI=1S/C16H21N3O2S/c1-12(15(10-20)22-2)18-16(21)14-5-3-13(4-6-14)9-19-8-7-17-11-19/h3-8,11-12,15,20H,9-10H2,1-2H3,(H,18,21). The molecule has 1 heterocycles. The van der Waals surface area contributed by atoms with E-state index in [0.717, 1.165) is 12.1 Å². The summed E-state index contributed by atoms with van der Waals surface area (Å²) in [7, 11) is 0. The fraction of sp³-hybridized carbons (Fsp3) is 0.375. The van der Waals surface area contributed by atoms with Crippen LogP contribution >= 0.6 is 11.8 Å². The van der Waals surface area contributed by atoms with Crippen LogP contribution in [0, 0.1) is 0 Å². The van der Waals surface area contributed by atoms with Gasteiger partial charge in [-0.05, 0) is 30.9 Å². The zero-order valence-electron chi connectivity index (χ0n) is 12.8. The van der Waals surface area contributed by atoms with Crippen molar-refractivity contribution >= 4 is 17.7 Å². The van der Waals surface area contributed by atoms with Gasteiger partial charge in [0, 0.05) is 35.8 Å². The van der Waals surface area contributed by atoms with Gasteiger partial charge in [-0.2, -0.15) is 11.8 Å². The number of carbonyl (C=O) groups excluding carboxylic acids is 1. The SMILES string of the molecule is CSC(CO)C(C)NC(=O)c1ccc(Cn2ccnc2)cc1. The normalized spacial score (nSPS) is 13.6. The van der Waals surface area contributed by atoms with Crippen LogP contribution in [0.4, 0.5) is 0 Å². The smallest absolute Gasteiger partial charge is 0.251 e. The first-order valence-electron chi connectivity index (χ1n) is 7.13. The predicted molar refractivity (Wildman–Crippen MR) is 89.1 cm³/mol. The first-order valence-corrected chi connectivity index (χ1v) is 8.42. The lowest BCUT2D eigenvalue weighted by molar-refractivity contribution is 0.0936. The molecule has 0 saturated heterocycles. The molecule has 2 N–H and O–H groups in total. The number of amides is 1. The van der Waals surface area contributed by atoms with Gasteiger partial charge in [-0.25, -0.2) is 4.98 Å². The van der Waals surface area contributed by atoms with Crippen molar-refractivity contribution in [2.75, 3.05) is 12.9 Å². The fourth-order valence-corrected chi connectivity index (χ4v) is 2.80. The van der Waals surface area contributed by atoms with E-state index in [0.29, 0.717) is 5.56 Å². The molecule has 2 atom stereocenters. The minimum absolute atomic E-state index is 0.00413. The molecule has 0 radical (unpaired) electrons. The highest BCUT2D eigenvalue weighted by atomic mass is 32.2. The highest BCUT2D eigenvalue weighted by molar-refractivity contribution is 7.99. The van der Waals surface area contributed by atoms with Crippen LogP contribution in [0.25, 0.3) is 0 Å². The Balaban J connectivity index is 1.96. The number of nitrogens with zero attached hydrogens (tertiary/aromatic N) is 2. The summed E-state index contributed by atoms with van der Waals surface area (Å²) in [5.41, 5.74) is 1.74. The van der Waals surface area contributed by atoms with Crippen molar-refractivity contribution in [1.82, 2.24) is 14.9 Å². The van der Waals surface area contributed by atoms with Gasteiger partial charge < -0.3 is 15.0 Å². The van der Waals surface area contributed by atoms with E-state index in [1.54, 1.807) is 24.3 Å². The van der Waals surface area contributed by atoms with Gasteiger partial charge in [0.2, 0.25) is 0 Å². The lowest BCUT2D eigenvalue weighted by atomic mass is 10.1. The summed E-state index contributed by atoms with van der Waals surface area (Å²) in [5, 5.41) is 12.2. The number of aromatic nitrogens is 2. The molecule has 1 aromatic heterocycles. The van der Waals surface area contributed by atoms with Crippen LogP contribution < -0.4 is 5.32 Å². The quantitative estimate of drug-likeness (QED) is 0.816. The maximum absolute atomic E-state index is 12.2.